The summed E-state index contributed by atoms with van der Waals surface area (Å²) in [6.45, 7) is 0. The number of benzene rings is 2. The van der Waals surface area contributed by atoms with Crippen molar-refractivity contribution in [2.24, 2.45) is 0 Å². The van der Waals surface area contributed by atoms with E-state index in [1.165, 1.54) is 11.3 Å². The molecule has 0 saturated carbocycles. The van der Waals surface area contributed by atoms with Crippen molar-refractivity contribution in [2.75, 3.05) is 12.8 Å². The van der Waals surface area contributed by atoms with Gasteiger partial charge in [0.05, 0.1) is 16.6 Å². The Hall–Kier alpha value is -3.69. The molecule has 0 saturated heterocycles. The van der Waals surface area contributed by atoms with E-state index in [1.807, 2.05) is 77.5 Å². The van der Waals surface area contributed by atoms with E-state index < -0.39 is 12.1 Å². The van der Waals surface area contributed by atoms with E-state index in [4.69, 9.17) is 10.7 Å². The third-order valence-electron chi connectivity index (χ3n) is 5.70. The van der Waals surface area contributed by atoms with Gasteiger partial charge in [-0.3, -0.25) is 4.79 Å². The molecule has 2 aromatic carbocycles. The molecule has 4 N–H and O–H groups in total. The lowest BCUT2D eigenvalue weighted by Gasteiger charge is -2.31. The molecular formula is C26H26N4O3S2. The third-order valence-corrected chi connectivity index (χ3v) is 7.60. The van der Waals surface area contributed by atoms with Crippen LogP contribution in [0.3, 0.4) is 0 Å². The molecule has 0 aliphatic heterocycles. The fraction of sp³-hybridized carbons (Fsp3) is 0.192. The molecule has 0 radical (unpaired) electrons. The molecule has 0 fully saturated rings. The van der Waals surface area contributed by atoms with E-state index in [2.05, 4.69) is 5.32 Å². The minimum Gasteiger partial charge on any atom is -0.465 e. The number of amides is 2. The molecule has 2 atom stereocenters. The summed E-state index contributed by atoms with van der Waals surface area (Å²) in [6, 6.07) is 19.6. The van der Waals surface area contributed by atoms with Gasteiger partial charge in [0.25, 0.3) is 0 Å². The molecule has 7 nitrogen and oxygen atoms in total. The molecule has 4 aromatic rings. The number of hydrogen-bond acceptors (Lipinski definition) is 6. The number of likely N-dealkylation sites (N-methyl/N-ethyl adjacent to an activating group) is 1. The second-order valence-corrected chi connectivity index (χ2v) is 9.96. The average Bonchev–Trinajstić information content (AvgIpc) is 3.55. The maximum atomic E-state index is 13.6. The van der Waals surface area contributed by atoms with Gasteiger partial charge in [-0.05, 0) is 41.1 Å². The number of thiophene rings is 1. The van der Waals surface area contributed by atoms with Crippen molar-refractivity contribution in [3.05, 3.63) is 94.3 Å². The first-order valence-corrected chi connectivity index (χ1v) is 12.8. The van der Waals surface area contributed by atoms with E-state index in [0.717, 1.165) is 26.7 Å². The minimum absolute atomic E-state index is 0.252. The maximum absolute atomic E-state index is 13.6. The zero-order valence-corrected chi connectivity index (χ0v) is 20.8. The number of carbonyl (C=O) groups excluding carboxylic acids is 1. The quantitative estimate of drug-likeness (QED) is 0.275. The Bertz CT molecular complexity index is 1260. The topological polar surface area (TPSA) is 109 Å². The Morgan fingerprint density at radius 1 is 1.00 bits per heavy atom. The van der Waals surface area contributed by atoms with Gasteiger partial charge in [-0.15, -0.1) is 22.7 Å². The average molecular weight is 507 g/mol. The van der Waals surface area contributed by atoms with Crippen LogP contribution in [0, 0.1) is 0 Å². The molecule has 2 heterocycles. The lowest BCUT2D eigenvalue weighted by atomic mass is 10.00. The van der Waals surface area contributed by atoms with Gasteiger partial charge in [0, 0.05) is 24.5 Å². The fourth-order valence-corrected chi connectivity index (χ4v) is 5.55. The predicted octanol–water partition coefficient (Wildman–Crippen LogP) is 5.07. The Balaban J connectivity index is 1.64. The second-order valence-electron chi connectivity index (χ2n) is 8.16. The van der Waals surface area contributed by atoms with Crippen molar-refractivity contribution in [3.63, 3.8) is 0 Å². The van der Waals surface area contributed by atoms with Crippen molar-refractivity contribution in [2.45, 2.75) is 24.9 Å². The Labute approximate surface area is 211 Å². The summed E-state index contributed by atoms with van der Waals surface area (Å²) in [5, 5.41) is 16.7. The second kappa shape index (κ2) is 11.2. The number of carbonyl (C=O) groups is 2. The van der Waals surface area contributed by atoms with E-state index in [9.17, 15) is 14.7 Å². The molecule has 35 heavy (non-hydrogen) atoms. The number of nitrogens with zero attached hydrogens (tertiary/aromatic N) is 2. The summed E-state index contributed by atoms with van der Waals surface area (Å²) in [7, 11) is 1.70. The van der Waals surface area contributed by atoms with Crippen LogP contribution in [0.5, 0.6) is 0 Å². The first kappa shape index (κ1) is 24.4. The number of carboxylic acid groups (broad SMARTS) is 1. The first-order valence-electron chi connectivity index (χ1n) is 11.0. The Morgan fingerprint density at radius 2 is 1.71 bits per heavy atom. The van der Waals surface area contributed by atoms with Gasteiger partial charge in [0.15, 0.2) is 0 Å². The van der Waals surface area contributed by atoms with E-state index in [1.54, 1.807) is 23.3 Å². The van der Waals surface area contributed by atoms with E-state index in [0.29, 0.717) is 12.1 Å². The highest BCUT2D eigenvalue weighted by molar-refractivity contribution is 7.20. The van der Waals surface area contributed by atoms with Crippen molar-refractivity contribution < 1.29 is 14.7 Å². The first-order chi connectivity index (χ1) is 16.9. The zero-order chi connectivity index (χ0) is 24.8. The summed E-state index contributed by atoms with van der Waals surface area (Å²) >= 11 is 3.14. The molecule has 2 amide bonds. The largest absolute Gasteiger partial charge is 0.465 e. The number of hydrogen-bond donors (Lipinski definition) is 3. The van der Waals surface area contributed by atoms with Crippen LogP contribution in [0.25, 0.3) is 9.88 Å². The van der Waals surface area contributed by atoms with Gasteiger partial charge in [-0.1, -0.05) is 48.5 Å². The maximum Gasteiger partial charge on any atom is 0.405 e. The molecule has 2 aromatic heterocycles. The zero-order valence-electron chi connectivity index (χ0n) is 19.1. The van der Waals surface area contributed by atoms with Crippen LogP contribution in [0.15, 0.2) is 77.5 Å². The monoisotopic (exact) mass is 506 g/mol. The van der Waals surface area contributed by atoms with Crippen molar-refractivity contribution >= 4 is 40.4 Å². The molecule has 0 bridgehead atoms. The van der Waals surface area contributed by atoms with Gasteiger partial charge in [0.1, 0.15) is 11.0 Å². The van der Waals surface area contributed by atoms with Gasteiger partial charge in [0.2, 0.25) is 5.91 Å². The number of anilines is 1. The number of nitrogens with one attached hydrogen (secondary N) is 1. The van der Waals surface area contributed by atoms with Crippen LogP contribution in [0.4, 0.5) is 10.5 Å². The van der Waals surface area contributed by atoms with Crippen LogP contribution in [-0.4, -0.2) is 40.1 Å². The van der Waals surface area contributed by atoms with Crippen molar-refractivity contribution in [3.8, 4) is 9.88 Å². The highest BCUT2D eigenvalue weighted by Crippen LogP contribution is 2.33. The summed E-state index contributed by atoms with van der Waals surface area (Å²) in [5.41, 5.74) is 9.16. The lowest BCUT2D eigenvalue weighted by molar-refractivity contribution is -0.134. The number of nitrogen functional groups attached to an aromatic ring is 1. The molecule has 180 valence electrons. The highest BCUT2D eigenvalue weighted by Gasteiger charge is 2.31. The third kappa shape index (κ3) is 6.26. The molecule has 0 spiro atoms. The smallest absolute Gasteiger partial charge is 0.405 e. The summed E-state index contributed by atoms with van der Waals surface area (Å²) in [4.78, 5) is 32.7. The fourth-order valence-electron chi connectivity index (χ4n) is 3.87. The molecule has 0 aliphatic carbocycles. The van der Waals surface area contributed by atoms with Crippen LogP contribution >= 0.6 is 22.7 Å². The highest BCUT2D eigenvalue weighted by atomic mass is 32.1. The predicted molar refractivity (Wildman–Crippen MR) is 141 cm³/mol. The standard InChI is InChI=1S/C26H26N4O3S2/c1-30(25(31)20(29-26(32)33)14-17-6-3-2-4-7-17)22(15-18-9-11-19(27)12-10-18)21-16-35-24(28-21)23-8-5-13-34-23/h2-13,16,20,22,29H,14-15,27H2,1H3,(H,32,33). The number of aromatic nitrogens is 1. The van der Waals surface area contributed by atoms with Gasteiger partial charge in [-0.25, -0.2) is 9.78 Å². The van der Waals surface area contributed by atoms with Gasteiger partial charge in [-0.2, -0.15) is 0 Å². The van der Waals surface area contributed by atoms with E-state index >= 15 is 0 Å². The van der Waals surface area contributed by atoms with E-state index in [-0.39, 0.29) is 18.4 Å². The number of thiazole rings is 1. The molecule has 4 rings (SSSR count). The Morgan fingerprint density at radius 3 is 2.37 bits per heavy atom. The lowest BCUT2D eigenvalue weighted by Crippen LogP contribution is -2.49. The summed E-state index contributed by atoms with van der Waals surface area (Å²) in [5.74, 6) is -0.317. The SMILES string of the molecule is CN(C(=O)C(Cc1ccccc1)NC(=O)O)C(Cc1ccc(N)cc1)c1csc(-c2cccs2)n1. The van der Waals surface area contributed by atoms with Gasteiger partial charge >= 0.3 is 6.09 Å². The number of rotatable bonds is 9. The normalized spacial score (nSPS) is 12.6. The van der Waals surface area contributed by atoms with Gasteiger partial charge < -0.3 is 21.1 Å². The van der Waals surface area contributed by atoms with Crippen molar-refractivity contribution in [1.82, 2.24) is 15.2 Å². The molecule has 0 aliphatic rings. The van der Waals surface area contributed by atoms with Crippen molar-refractivity contribution in [1.29, 1.82) is 0 Å². The van der Waals surface area contributed by atoms with Crippen LogP contribution in [0.2, 0.25) is 0 Å². The number of nitrogens with two attached hydrogens (primary N) is 1. The van der Waals surface area contributed by atoms with Crippen LogP contribution in [-0.2, 0) is 17.6 Å². The molecule has 2 unspecified atom stereocenters. The summed E-state index contributed by atoms with van der Waals surface area (Å²) < 4.78 is 0. The molecule has 9 heteroatoms. The Kier molecular flexibility index (Phi) is 7.79. The molecular weight excluding hydrogens is 480 g/mol. The minimum atomic E-state index is -1.24. The summed E-state index contributed by atoms with van der Waals surface area (Å²) in [6.07, 6.45) is -0.472. The van der Waals surface area contributed by atoms with Crippen LogP contribution in [0.1, 0.15) is 22.9 Å². The van der Waals surface area contributed by atoms with Crippen LogP contribution < -0.4 is 11.1 Å².